The fraction of sp³-hybridized carbons (Fsp3) is 0.417. The zero-order valence-corrected chi connectivity index (χ0v) is 9.87. The molecule has 1 N–H and O–H groups in total. The van der Waals surface area contributed by atoms with Crippen LogP contribution in [0.1, 0.15) is 22.3 Å². The van der Waals surface area contributed by atoms with E-state index in [1.54, 1.807) is 17.0 Å². The molecule has 1 aromatic carbocycles. The maximum atomic E-state index is 12.1. The smallest absolute Gasteiger partial charge is 0.255 e. The number of carbonyl (C=O) groups is 1. The zero-order valence-electron chi connectivity index (χ0n) is 9.11. The molecule has 1 heterocycles. The van der Waals surface area contributed by atoms with Crippen LogP contribution in [0.5, 0.6) is 0 Å². The van der Waals surface area contributed by atoms with E-state index in [1.807, 2.05) is 13.0 Å². The van der Waals surface area contributed by atoms with Crippen LogP contribution in [-0.4, -0.2) is 35.1 Å². The van der Waals surface area contributed by atoms with E-state index in [4.69, 9.17) is 11.6 Å². The van der Waals surface area contributed by atoms with Crippen LogP contribution in [0.4, 0.5) is 0 Å². The molecule has 2 rings (SSSR count). The summed E-state index contributed by atoms with van der Waals surface area (Å²) in [4.78, 5) is 13.7. The molecule has 1 amide bonds. The normalized spacial score (nSPS) is 20.2. The zero-order chi connectivity index (χ0) is 11.7. The maximum Gasteiger partial charge on any atom is 0.255 e. The summed E-state index contributed by atoms with van der Waals surface area (Å²) in [6, 6.07) is 5.39. The van der Waals surface area contributed by atoms with E-state index in [9.17, 15) is 9.90 Å². The van der Waals surface area contributed by atoms with Crippen molar-refractivity contribution in [3.63, 3.8) is 0 Å². The molecule has 1 saturated heterocycles. The van der Waals surface area contributed by atoms with E-state index in [2.05, 4.69) is 0 Å². The van der Waals surface area contributed by atoms with E-state index in [0.29, 0.717) is 30.1 Å². The minimum Gasteiger partial charge on any atom is -0.391 e. The molecule has 0 bridgehead atoms. The van der Waals surface area contributed by atoms with Crippen LogP contribution in [-0.2, 0) is 0 Å². The number of amides is 1. The molecule has 0 radical (unpaired) electrons. The van der Waals surface area contributed by atoms with Crippen molar-refractivity contribution in [1.82, 2.24) is 4.90 Å². The first-order valence-corrected chi connectivity index (χ1v) is 5.69. The van der Waals surface area contributed by atoms with Crippen molar-refractivity contribution in [2.75, 3.05) is 13.1 Å². The second kappa shape index (κ2) is 4.44. The van der Waals surface area contributed by atoms with Crippen LogP contribution < -0.4 is 0 Å². The van der Waals surface area contributed by atoms with E-state index >= 15 is 0 Å². The minimum atomic E-state index is -0.395. The maximum absolute atomic E-state index is 12.1. The van der Waals surface area contributed by atoms with Gasteiger partial charge in [-0.1, -0.05) is 17.7 Å². The Hall–Kier alpha value is -1.06. The van der Waals surface area contributed by atoms with Crippen molar-refractivity contribution >= 4 is 17.5 Å². The van der Waals surface area contributed by atoms with Gasteiger partial charge in [-0.25, -0.2) is 0 Å². The van der Waals surface area contributed by atoms with Crippen LogP contribution in [0.3, 0.4) is 0 Å². The van der Waals surface area contributed by atoms with Gasteiger partial charge in [0.15, 0.2) is 0 Å². The lowest BCUT2D eigenvalue weighted by molar-refractivity contribution is 0.0765. The van der Waals surface area contributed by atoms with Gasteiger partial charge in [-0.05, 0) is 31.0 Å². The summed E-state index contributed by atoms with van der Waals surface area (Å²) in [5.41, 5.74) is 1.55. The number of likely N-dealkylation sites (tertiary alicyclic amines) is 1. The number of carbonyl (C=O) groups excluding carboxylic acids is 1. The molecule has 1 aliphatic rings. The molecule has 1 aromatic rings. The molecule has 1 unspecified atom stereocenters. The van der Waals surface area contributed by atoms with Crippen molar-refractivity contribution in [3.8, 4) is 0 Å². The molecule has 0 spiro atoms. The predicted molar refractivity (Wildman–Crippen MR) is 62.7 cm³/mol. The number of aryl methyl sites for hydroxylation is 1. The summed E-state index contributed by atoms with van der Waals surface area (Å²) in [5.74, 6) is -0.0958. The number of benzene rings is 1. The average Bonchev–Trinajstić information content (AvgIpc) is 2.64. The summed E-state index contributed by atoms with van der Waals surface area (Å²) >= 11 is 6.03. The van der Waals surface area contributed by atoms with Gasteiger partial charge in [0, 0.05) is 13.1 Å². The number of β-amino-alcohol motifs (C(OH)–C–C–N with tert-alkyl or cyclic N) is 1. The van der Waals surface area contributed by atoms with Crippen molar-refractivity contribution < 1.29 is 9.90 Å². The fourth-order valence-corrected chi connectivity index (χ4v) is 2.21. The molecule has 1 atom stereocenters. The molecule has 0 saturated carbocycles. The lowest BCUT2D eigenvalue weighted by Crippen LogP contribution is -2.29. The predicted octanol–water partition coefficient (Wildman–Crippen LogP) is 1.86. The number of rotatable bonds is 1. The number of hydrogen-bond acceptors (Lipinski definition) is 2. The number of aliphatic hydroxyl groups excluding tert-OH is 1. The molecule has 16 heavy (non-hydrogen) atoms. The second-order valence-corrected chi connectivity index (χ2v) is 4.58. The highest BCUT2D eigenvalue weighted by Crippen LogP contribution is 2.21. The average molecular weight is 240 g/mol. The minimum absolute atomic E-state index is 0.0958. The number of halogens is 1. The van der Waals surface area contributed by atoms with Crippen molar-refractivity contribution in [2.24, 2.45) is 0 Å². The Morgan fingerprint density at radius 2 is 2.31 bits per heavy atom. The Bertz CT molecular complexity index is 419. The van der Waals surface area contributed by atoms with Gasteiger partial charge >= 0.3 is 0 Å². The molecule has 0 aromatic heterocycles. The van der Waals surface area contributed by atoms with E-state index < -0.39 is 6.10 Å². The van der Waals surface area contributed by atoms with Crippen LogP contribution in [0.2, 0.25) is 5.02 Å². The Balaban J connectivity index is 2.21. The highest BCUT2D eigenvalue weighted by molar-refractivity contribution is 6.33. The number of aliphatic hydroxyl groups is 1. The number of nitrogens with zero attached hydrogens (tertiary/aromatic N) is 1. The van der Waals surface area contributed by atoms with E-state index in [1.165, 1.54) is 0 Å². The lowest BCUT2D eigenvalue weighted by Gasteiger charge is -2.16. The quantitative estimate of drug-likeness (QED) is 0.813. The Labute approximate surface area is 99.6 Å². The van der Waals surface area contributed by atoms with Crippen LogP contribution in [0.25, 0.3) is 0 Å². The van der Waals surface area contributed by atoms with Crippen LogP contribution in [0, 0.1) is 6.92 Å². The first-order chi connectivity index (χ1) is 7.58. The molecule has 0 aliphatic carbocycles. The van der Waals surface area contributed by atoms with Crippen LogP contribution in [0.15, 0.2) is 18.2 Å². The topological polar surface area (TPSA) is 40.5 Å². The van der Waals surface area contributed by atoms with Gasteiger partial charge in [0.1, 0.15) is 0 Å². The molecule has 4 heteroatoms. The first-order valence-electron chi connectivity index (χ1n) is 5.31. The van der Waals surface area contributed by atoms with Gasteiger partial charge in [-0.2, -0.15) is 0 Å². The Morgan fingerprint density at radius 3 is 2.88 bits per heavy atom. The molecule has 3 nitrogen and oxygen atoms in total. The van der Waals surface area contributed by atoms with E-state index in [-0.39, 0.29) is 5.91 Å². The second-order valence-electron chi connectivity index (χ2n) is 4.18. The highest BCUT2D eigenvalue weighted by Gasteiger charge is 2.26. The van der Waals surface area contributed by atoms with Crippen LogP contribution >= 0.6 is 11.6 Å². The summed E-state index contributed by atoms with van der Waals surface area (Å²) < 4.78 is 0. The fourth-order valence-electron chi connectivity index (χ4n) is 1.89. The summed E-state index contributed by atoms with van der Waals surface area (Å²) in [7, 11) is 0. The van der Waals surface area contributed by atoms with Gasteiger partial charge in [0.2, 0.25) is 0 Å². The summed E-state index contributed by atoms with van der Waals surface area (Å²) in [6.07, 6.45) is 0.253. The SMILES string of the molecule is Cc1ccc(C(=O)N2CCC(O)C2)c(Cl)c1. The monoisotopic (exact) mass is 239 g/mol. The van der Waals surface area contributed by atoms with Gasteiger partial charge in [0.05, 0.1) is 16.7 Å². The first kappa shape index (κ1) is 11.4. The Kier molecular flexibility index (Phi) is 3.17. The summed E-state index contributed by atoms with van der Waals surface area (Å²) in [5, 5.41) is 9.86. The third kappa shape index (κ3) is 2.20. The van der Waals surface area contributed by atoms with Crippen molar-refractivity contribution in [3.05, 3.63) is 34.3 Å². The van der Waals surface area contributed by atoms with Gasteiger partial charge in [-0.15, -0.1) is 0 Å². The van der Waals surface area contributed by atoms with Crippen molar-refractivity contribution in [2.45, 2.75) is 19.4 Å². The number of hydrogen-bond donors (Lipinski definition) is 1. The van der Waals surface area contributed by atoms with Gasteiger partial charge < -0.3 is 10.0 Å². The Morgan fingerprint density at radius 1 is 1.56 bits per heavy atom. The third-order valence-electron chi connectivity index (χ3n) is 2.81. The van der Waals surface area contributed by atoms with Gasteiger partial charge in [-0.3, -0.25) is 4.79 Å². The molecule has 86 valence electrons. The van der Waals surface area contributed by atoms with Crippen molar-refractivity contribution in [1.29, 1.82) is 0 Å². The molecule has 1 aliphatic heterocycles. The highest BCUT2D eigenvalue weighted by atomic mass is 35.5. The van der Waals surface area contributed by atoms with Gasteiger partial charge in [0.25, 0.3) is 5.91 Å². The molecular formula is C12H14ClNO2. The molecule has 1 fully saturated rings. The lowest BCUT2D eigenvalue weighted by atomic mass is 10.1. The standard InChI is InChI=1S/C12H14ClNO2/c1-8-2-3-10(11(13)6-8)12(16)14-5-4-9(15)7-14/h2-3,6,9,15H,4-5,7H2,1H3. The summed E-state index contributed by atoms with van der Waals surface area (Å²) in [6.45, 7) is 2.94. The van der Waals surface area contributed by atoms with E-state index in [0.717, 1.165) is 5.56 Å². The third-order valence-corrected chi connectivity index (χ3v) is 3.12. The largest absolute Gasteiger partial charge is 0.391 e. The molecular weight excluding hydrogens is 226 g/mol.